The van der Waals surface area contributed by atoms with Crippen LogP contribution < -0.4 is 5.32 Å². The van der Waals surface area contributed by atoms with Crippen molar-refractivity contribution in [1.29, 1.82) is 0 Å². The van der Waals surface area contributed by atoms with Crippen molar-refractivity contribution in [2.45, 2.75) is 37.5 Å². The predicted octanol–water partition coefficient (Wildman–Crippen LogP) is 2.47. The van der Waals surface area contributed by atoms with Crippen molar-refractivity contribution < 1.29 is 9.84 Å². The van der Waals surface area contributed by atoms with Gasteiger partial charge in [-0.25, -0.2) is 0 Å². The molecule has 2 aromatic rings. The number of hydrogen-bond acceptors (Lipinski definition) is 6. The zero-order chi connectivity index (χ0) is 15.3. The first-order valence-electron chi connectivity index (χ1n) is 7.35. The number of aryl methyl sites for hydroxylation is 1. The first-order chi connectivity index (χ1) is 10.6. The van der Waals surface area contributed by atoms with Crippen molar-refractivity contribution >= 4 is 17.1 Å². The minimum absolute atomic E-state index is 0.0843. The molecule has 3 atom stereocenters. The van der Waals surface area contributed by atoms with Gasteiger partial charge in [0.1, 0.15) is 11.9 Å². The van der Waals surface area contributed by atoms with Crippen LogP contribution in [0.15, 0.2) is 23.9 Å². The van der Waals surface area contributed by atoms with Gasteiger partial charge in [0.05, 0.1) is 16.6 Å². The summed E-state index contributed by atoms with van der Waals surface area (Å²) < 4.78 is 7.75. The van der Waals surface area contributed by atoms with Crippen LogP contribution in [0.4, 0.5) is 0 Å². The van der Waals surface area contributed by atoms with E-state index in [9.17, 15) is 5.11 Å². The number of nitrogens with one attached hydrogen (secondary N) is 1. The summed E-state index contributed by atoms with van der Waals surface area (Å²) in [5.74, 6) is 0.212. The Morgan fingerprint density at radius 2 is 2.36 bits per heavy atom. The van der Waals surface area contributed by atoms with Crippen LogP contribution in [-0.2, 0) is 17.4 Å². The highest BCUT2D eigenvalue weighted by Crippen LogP contribution is 2.49. The lowest BCUT2D eigenvalue weighted by Crippen LogP contribution is -2.48. The number of aromatic nitrogens is 3. The van der Waals surface area contributed by atoms with Gasteiger partial charge in [0.25, 0.3) is 0 Å². The molecule has 6 nitrogen and oxygen atoms in total. The second kappa shape index (κ2) is 4.82. The lowest BCUT2D eigenvalue weighted by Gasteiger charge is -2.44. The van der Waals surface area contributed by atoms with E-state index in [0.29, 0.717) is 0 Å². The first kappa shape index (κ1) is 13.8. The highest BCUT2D eigenvalue weighted by Gasteiger charge is 2.47. The molecule has 2 aromatic heterocycles. The lowest BCUT2D eigenvalue weighted by molar-refractivity contribution is -0.0382. The highest BCUT2D eigenvalue weighted by atomic mass is 32.1. The SMILES string of the molecule is CC1CC2(CC(c3cn(C)nn3)N1)OC=C(O)c1ccsc12. The van der Waals surface area contributed by atoms with E-state index < -0.39 is 5.60 Å². The molecular weight excluding hydrogens is 300 g/mol. The van der Waals surface area contributed by atoms with Crippen LogP contribution in [-0.4, -0.2) is 26.1 Å². The lowest BCUT2D eigenvalue weighted by atomic mass is 9.79. The van der Waals surface area contributed by atoms with Crippen molar-refractivity contribution in [3.8, 4) is 0 Å². The number of thiophene rings is 1. The summed E-state index contributed by atoms with van der Waals surface area (Å²) in [5, 5.41) is 23.9. The maximum atomic E-state index is 10.0. The summed E-state index contributed by atoms with van der Waals surface area (Å²) in [4.78, 5) is 1.11. The molecule has 3 unspecified atom stereocenters. The molecule has 4 heterocycles. The van der Waals surface area contributed by atoms with Gasteiger partial charge in [-0.05, 0) is 18.4 Å². The number of aliphatic hydroxyl groups excluding tert-OH is 1. The van der Waals surface area contributed by atoms with Crippen molar-refractivity contribution in [2.75, 3.05) is 0 Å². The van der Waals surface area contributed by atoms with Gasteiger partial charge < -0.3 is 15.2 Å². The van der Waals surface area contributed by atoms with Crippen molar-refractivity contribution in [3.05, 3.63) is 40.0 Å². The Hall–Kier alpha value is -1.86. The molecule has 1 saturated heterocycles. The smallest absolute Gasteiger partial charge is 0.158 e. The Morgan fingerprint density at radius 3 is 3.14 bits per heavy atom. The first-order valence-corrected chi connectivity index (χ1v) is 8.23. The van der Waals surface area contributed by atoms with Crippen LogP contribution in [0.1, 0.15) is 41.9 Å². The fourth-order valence-electron chi connectivity index (χ4n) is 3.51. The number of fused-ring (bicyclic) bond motifs is 2. The molecule has 1 spiro atoms. The number of rotatable bonds is 1. The Labute approximate surface area is 132 Å². The topological polar surface area (TPSA) is 72.2 Å². The van der Waals surface area contributed by atoms with E-state index in [1.165, 1.54) is 6.26 Å². The third-order valence-electron chi connectivity index (χ3n) is 4.38. The molecule has 0 aromatic carbocycles. The molecule has 22 heavy (non-hydrogen) atoms. The predicted molar refractivity (Wildman–Crippen MR) is 83.3 cm³/mol. The average Bonchev–Trinajstić information content (AvgIpc) is 3.12. The van der Waals surface area contributed by atoms with Crippen molar-refractivity contribution in [1.82, 2.24) is 20.3 Å². The Balaban J connectivity index is 1.73. The molecule has 0 bridgehead atoms. The van der Waals surface area contributed by atoms with Gasteiger partial charge in [0.15, 0.2) is 5.76 Å². The second-order valence-corrected chi connectivity index (χ2v) is 7.04. The molecule has 7 heteroatoms. The van der Waals surface area contributed by atoms with E-state index >= 15 is 0 Å². The standard InChI is InChI=1S/C15H18N4O2S/c1-9-5-15(6-11(16-9)12-7-19(2)18-17-12)14-10(3-4-22-14)13(20)8-21-15/h3-4,7-9,11,16,20H,5-6H2,1-2H3. The fourth-order valence-corrected chi connectivity index (χ4v) is 4.58. The molecule has 0 aliphatic carbocycles. The Kier molecular flexibility index (Phi) is 3.02. The molecule has 2 N–H and O–H groups in total. The quantitative estimate of drug-likeness (QED) is 0.845. The van der Waals surface area contributed by atoms with Crippen molar-refractivity contribution in [3.63, 3.8) is 0 Å². The van der Waals surface area contributed by atoms with E-state index in [1.54, 1.807) is 16.0 Å². The maximum absolute atomic E-state index is 10.0. The number of nitrogens with zero attached hydrogens (tertiary/aromatic N) is 3. The largest absolute Gasteiger partial charge is 0.504 e. The molecule has 1 fully saturated rings. The third-order valence-corrected chi connectivity index (χ3v) is 5.48. The zero-order valence-electron chi connectivity index (χ0n) is 12.5. The van der Waals surface area contributed by atoms with Crippen LogP contribution in [0, 0.1) is 0 Å². The van der Waals surface area contributed by atoms with Crippen molar-refractivity contribution in [2.24, 2.45) is 7.05 Å². The zero-order valence-corrected chi connectivity index (χ0v) is 13.3. The van der Waals surface area contributed by atoms with E-state index in [-0.39, 0.29) is 17.8 Å². The number of piperidine rings is 1. The third kappa shape index (κ3) is 2.04. The van der Waals surface area contributed by atoms with Crippen LogP contribution in [0.3, 0.4) is 0 Å². The summed E-state index contributed by atoms with van der Waals surface area (Å²) in [6.45, 7) is 2.15. The van der Waals surface area contributed by atoms with E-state index in [4.69, 9.17) is 4.74 Å². The van der Waals surface area contributed by atoms with Gasteiger partial charge in [0, 0.05) is 37.7 Å². The number of ether oxygens (including phenoxy) is 1. The molecule has 2 aliphatic rings. The molecule has 0 amide bonds. The van der Waals surface area contributed by atoms with Gasteiger partial charge in [0.2, 0.25) is 0 Å². The summed E-state index contributed by atoms with van der Waals surface area (Å²) in [6, 6.07) is 2.32. The molecule has 116 valence electrons. The normalized spacial score (nSPS) is 30.7. The molecular formula is C15H18N4O2S. The monoisotopic (exact) mass is 318 g/mol. The average molecular weight is 318 g/mol. The number of hydrogen-bond donors (Lipinski definition) is 2. The maximum Gasteiger partial charge on any atom is 0.158 e. The van der Waals surface area contributed by atoms with E-state index in [0.717, 1.165) is 29.0 Å². The van der Waals surface area contributed by atoms with Gasteiger partial charge >= 0.3 is 0 Å². The van der Waals surface area contributed by atoms with E-state index in [2.05, 4.69) is 22.6 Å². The fraction of sp³-hybridized carbons (Fsp3) is 0.467. The number of aliphatic hydroxyl groups is 1. The Morgan fingerprint density at radius 1 is 1.50 bits per heavy atom. The van der Waals surface area contributed by atoms with Gasteiger partial charge in [-0.1, -0.05) is 5.21 Å². The van der Waals surface area contributed by atoms with Crippen LogP contribution in [0.5, 0.6) is 0 Å². The van der Waals surface area contributed by atoms with Gasteiger partial charge in [-0.2, -0.15) is 0 Å². The summed E-state index contributed by atoms with van der Waals surface area (Å²) in [5.41, 5.74) is 1.42. The van der Waals surface area contributed by atoms with Crippen LogP contribution >= 0.6 is 11.3 Å². The molecule has 0 saturated carbocycles. The summed E-state index contributed by atoms with van der Waals surface area (Å²) in [7, 11) is 1.87. The summed E-state index contributed by atoms with van der Waals surface area (Å²) in [6.07, 6.45) is 5.06. The minimum Gasteiger partial charge on any atom is -0.504 e. The highest BCUT2D eigenvalue weighted by molar-refractivity contribution is 7.10. The van der Waals surface area contributed by atoms with Crippen LogP contribution in [0.2, 0.25) is 0 Å². The van der Waals surface area contributed by atoms with Crippen LogP contribution in [0.25, 0.3) is 5.76 Å². The molecule has 4 rings (SSSR count). The Bertz CT molecular complexity index is 737. The minimum atomic E-state index is -0.400. The molecule has 2 aliphatic heterocycles. The second-order valence-electron chi connectivity index (χ2n) is 6.12. The van der Waals surface area contributed by atoms with Gasteiger partial charge in [-0.15, -0.1) is 16.4 Å². The molecule has 0 radical (unpaired) electrons. The van der Waals surface area contributed by atoms with E-state index in [1.807, 2.05) is 24.7 Å². The summed E-state index contributed by atoms with van der Waals surface area (Å²) >= 11 is 1.64. The van der Waals surface area contributed by atoms with Gasteiger partial charge in [-0.3, -0.25) is 4.68 Å².